The van der Waals surface area contributed by atoms with E-state index in [0.29, 0.717) is 0 Å². The smallest absolute Gasteiger partial charge is 0.190 e. The van der Waals surface area contributed by atoms with Gasteiger partial charge in [-0.05, 0) is 29.6 Å². The van der Waals surface area contributed by atoms with Gasteiger partial charge in [-0.2, -0.15) is 0 Å². The van der Waals surface area contributed by atoms with E-state index in [1.165, 1.54) is 6.07 Å². The van der Waals surface area contributed by atoms with Crippen LogP contribution in [0.4, 0.5) is 8.78 Å². The molecule has 0 radical (unpaired) electrons. The fourth-order valence-corrected chi connectivity index (χ4v) is 4.37. The lowest BCUT2D eigenvalue weighted by atomic mass is 10.2. The van der Waals surface area contributed by atoms with Crippen LogP contribution >= 0.6 is 11.3 Å². The third kappa shape index (κ3) is 4.57. The summed E-state index contributed by atoms with van der Waals surface area (Å²) < 4.78 is 50.5. The van der Waals surface area contributed by atoms with Crippen LogP contribution in [0.1, 0.15) is 5.56 Å². The molecule has 1 aromatic carbocycles. The van der Waals surface area contributed by atoms with Crippen LogP contribution in [0, 0.1) is 11.6 Å². The minimum atomic E-state index is -3.53. The number of rotatable bonds is 7. The van der Waals surface area contributed by atoms with Gasteiger partial charge >= 0.3 is 0 Å². The summed E-state index contributed by atoms with van der Waals surface area (Å²) >= 11 is 1.09. The number of halogens is 2. The van der Waals surface area contributed by atoms with Crippen LogP contribution in [0.2, 0.25) is 0 Å². The Kier molecular flexibility index (Phi) is 5.63. The summed E-state index contributed by atoms with van der Waals surface area (Å²) in [6, 6.07) is 6.18. The lowest BCUT2D eigenvalue weighted by molar-refractivity contribution is 0.193. The molecule has 2 rings (SSSR count). The topological polar surface area (TPSA) is 66.4 Å². The van der Waals surface area contributed by atoms with Gasteiger partial charge in [0.15, 0.2) is 9.84 Å². The highest BCUT2D eigenvalue weighted by atomic mass is 32.2. The first kappa shape index (κ1) is 17.0. The standard InChI is InChI=1S/C14H15F2NO3S2/c15-11-3-4-13(16)10(6-11)7-17-8-12(18)9-22(19,20)14-2-1-5-21-14/h1-6,12,17-18H,7-9H2. The highest BCUT2D eigenvalue weighted by Gasteiger charge is 2.20. The lowest BCUT2D eigenvalue weighted by Crippen LogP contribution is -2.32. The Morgan fingerprint density at radius 1 is 1.27 bits per heavy atom. The van der Waals surface area contributed by atoms with E-state index < -0.39 is 33.3 Å². The molecule has 8 heteroatoms. The highest BCUT2D eigenvalue weighted by molar-refractivity contribution is 7.93. The van der Waals surface area contributed by atoms with Crippen molar-refractivity contribution in [2.24, 2.45) is 0 Å². The molecule has 120 valence electrons. The number of nitrogens with one attached hydrogen (secondary N) is 1. The molecule has 2 N–H and O–H groups in total. The van der Waals surface area contributed by atoms with Gasteiger partial charge in [0.1, 0.15) is 15.8 Å². The predicted octanol–water partition coefficient (Wildman–Crippen LogP) is 1.95. The van der Waals surface area contributed by atoms with Crippen LogP contribution in [0.3, 0.4) is 0 Å². The Hall–Kier alpha value is -1.35. The monoisotopic (exact) mass is 347 g/mol. The van der Waals surface area contributed by atoms with Crippen LogP contribution in [0.5, 0.6) is 0 Å². The second-order valence-electron chi connectivity index (χ2n) is 4.73. The Morgan fingerprint density at radius 3 is 2.73 bits per heavy atom. The molecule has 0 bridgehead atoms. The first-order valence-electron chi connectivity index (χ1n) is 6.47. The normalized spacial score (nSPS) is 13.2. The van der Waals surface area contributed by atoms with E-state index in [2.05, 4.69) is 5.32 Å². The maximum atomic E-state index is 13.4. The number of aliphatic hydroxyl groups excluding tert-OH is 1. The van der Waals surface area contributed by atoms with E-state index in [4.69, 9.17) is 0 Å². The number of hydrogen-bond acceptors (Lipinski definition) is 5. The van der Waals surface area contributed by atoms with Crippen molar-refractivity contribution in [2.45, 2.75) is 16.9 Å². The van der Waals surface area contributed by atoms with Crippen molar-refractivity contribution >= 4 is 21.2 Å². The Balaban J connectivity index is 1.86. The van der Waals surface area contributed by atoms with E-state index in [1.807, 2.05) is 0 Å². The second-order valence-corrected chi connectivity index (χ2v) is 7.94. The summed E-state index contributed by atoms with van der Waals surface area (Å²) in [5.74, 6) is -1.54. The van der Waals surface area contributed by atoms with Crippen LogP contribution in [-0.2, 0) is 16.4 Å². The van der Waals surface area contributed by atoms with E-state index >= 15 is 0 Å². The van der Waals surface area contributed by atoms with E-state index in [0.717, 1.165) is 29.5 Å². The summed E-state index contributed by atoms with van der Waals surface area (Å²) in [4.78, 5) is 0. The molecule has 0 amide bonds. The summed E-state index contributed by atoms with van der Waals surface area (Å²) in [6.45, 7) is -0.0414. The van der Waals surface area contributed by atoms with Crippen molar-refractivity contribution < 1.29 is 22.3 Å². The quantitative estimate of drug-likeness (QED) is 0.803. The molecule has 2 aromatic rings. The van der Waals surface area contributed by atoms with Gasteiger partial charge in [0.2, 0.25) is 0 Å². The number of benzene rings is 1. The minimum Gasteiger partial charge on any atom is -0.391 e. The van der Waals surface area contributed by atoms with Gasteiger partial charge in [0, 0.05) is 18.7 Å². The average molecular weight is 347 g/mol. The maximum absolute atomic E-state index is 13.4. The molecule has 0 fully saturated rings. The zero-order valence-electron chi connectivity index (χ0n) is 11.5. The molecule has 22 heavy (non-hydrogen) atoms. The first-order chi connectivity index (χ1) is 10.4. The second kappa shape index (κ2) is 7.28. The Morgan fingerprint density at radius 2 is 2.05 bits per heavy atom. The number of hydrogen-bond donors (Lipinski definition) is 2. The van der Waals surface area contributed by atoms with Crippen LogP contribution in [0.15, 0.2) is 39.9 Å². The van der Waals surface area contributed by atoms with Crippen molar-refractivity contribution in [2.75, 3.05) is 12.3 Å². The molecule has 0 aliphatic carbocycles. The molecule has 0 aliphatic rings. The van der Waals surface area contributed by atoms with Gasteiger partial charge in [-0.3, -0.25) is 0 Å². The molecule has 1 atom stereocenters. The summed E-state index contributed by atoms with van der Waals surface area (Å²) in [7, 11) is -3.53. The molecular weight excluding hydrogens is 332 g/mol. The summed E-state index contributed by atoms with van der Waals surface area (Å²) in [5, 5.41) is 14.1. The van der Waals surface area contributed by atoms with Crippen molar-refractivity contribution in [1.82, 2.24) is 5.32 Å². The molecule has 4 nitrogen and oxygen atoms in total. The van der Waals surface area contributed by atoms with Crippen LogP contribution in [0.25, 0.3) is 0 Å². The van der Waals surface area contributed by atoms with Gasteiger partial charge in [0.05, 0.1) is 11.9 Å². The predicted molar refractivity (Wildman–Crippen MR) is 80.4 cm³/mol. The van der Waals surface area contributed by atoms with Gasteiger partial charge in [-0.25, -0.2) is 17.2 Å². The first-order valence-corrected chi connectivity index (χ1v) is 9.00. The molecule has 1 unspecified atom stereocenters. The van der Waals surface area contributed by atoms with Crippen LogP contribution in [-0.4, -0.2) is 31.9 Å². The number of sulfone groups is 1. The number of aliphatic hydroxyl groups is 1. The fraction of sp³-hybridized carbons (Fsp3) is 0.286. The average Bonchev–Trinajstić information content (AvgIpc) is 2.97. The van der Waals surface area contributed by atoms with Gasteiger partial charge in [0.25, 0.3) is 0 Å². The summed E-state index contributed by atoms with van der Waals surface area (Å²) in [5.41, 5.74) is 0.119. The van der Waals surface area contributed by atoms with Crippen LogP contribution < -0.4 is 5.32 Å². The Labute approximate surface area is 131 Å². The molecule has 1 aromatic heterocycles. The molecule has 0 saturated heterocycles. The van der Waals surface area contributed by atoms with Crippen molar-refractivity contribution in [3.63, 3.8) is 0 Å². The van der Waals surface area contributed by atoms with Gasteiger partial charge < -0.3 is 10.4 Å². The SMILES string of the molecule is O=S(=O)(CC(O)CNCc1cc(F)ccc1F)c1cccs1. The van der Waals surface area contributed by atoms with E-state index in [9.17, 15) is 22.3 Å². The van der Waals surface area contributed by atoms with E-state index in [-0.39, 0.29) is 22.9 Å². The summed E-state index contributed by atoms with van der Waals surface area (Å²) in [6.07, 6.45) is -1.14. The zero-order valence-corrected chi connectivity index (χ0v) is 13.1. The highest BCUT2D eigenvalue weighted by Crippen LogP contribution is 2.18. The molecule has 1 heterocycles. The third-order valence-electron chi connectivity index (χ3n) is 2.92. The van der Waals surface area contributed by atoms with Crippen molar-refractivity contribution in [3.05, 3.63) is 52.9 Å². The van der Waals surface area contributed by atoms with Crippen molar-refractivity contribution in [1.29, 1.82) is 0 Å². The molecule has 0 spiro atoms. The van der Waals surface area contributed by atoms with E-state index in [1.54, 1.807) is 11.4 Å². The molecule has 0 saturated carbocycles. The van der Waals surface area contributed by atoms with Crippen molar-refractivity contribution in [3.8, 4) is 0 Å². The lowest BCUT2D eigenvalue weighted by Gasteiger charge is -2.12. The Bertz CT molecular complexity index is 718. The number of thiophene rings is 1. The van der Waals surface area contributed by atoms with Gasteiger partial charge in [-0.15, -0.1) is 11.3 Å². The third-order valence-corrected chi connectivity index (χ3v) is 6.20. The zero-order chi connectivity index (χ0) is 16.2. The largest absolute Gasteiger partial charge is 0.391 e. The van der Waals surface area contributed by atoms with Gasteiger partial charge in [-0.1, -0.05) is 6.07 Å². The molecule has 0 aliphatic heterocycles. The minimum absolute atomic E-state index is 0.000295. The molecular formula is C14H15F2NO3S2. The fourth-order valence-electron chi connectivity index (χ4n) is 1.89. The maximum Gasteiger partial charge on any atom is 0.190 e.